The number of aliphatic imine (C=N–C) groups is 1. The quantitative estimate of drug-likeness (QED) is 0.368. The highest BCUT2D eigenvalue weighted by molar-refractivity contribution is 6.11. The molecule has 210 valence electrons. The maximum Gasteiger partial charge on any atom is 0.269 e. The lowest BCUT2D eigenvalue weighted by atomic mass is 9.63. The number of aromatic nitrogens is 3. The summed E-state index contributed by atoms with van der Waals surface area (Å²) in [7, 11) is 0. The summed E-state index contributed by atoms with van der Waals surface area (Å²) >= 11 is 0. The molecule has 2 unspecified atom stereocenters. The number of nitrogens with one attached hydrogen (secondary N) is 2. The van der Waals surface area contributed by atoms with Crippen molar-refractivity contribution in [2.24, 2.45) is 16.3 Å². The van der Waals surface area contributed by atoms with Gasteiger partial charge in [-0.25, -0.2) is 9.38 Å². The topological polar surface area (TPSA) is 100 Å². The maximum atomic E-state index is 13.8. The first kappa shape index (κ1) is 26.0. The number of Topliss-reactive ketones (excluding diaryl/α,β-unsaturated/α-hetero) is 1. The number of allylic oxidation sites excluding steroid dienone is 1. The van der Waals surface area contributed by atoms with Crippen LogP contribution < -0.4 is 5.32 Å². The average molecular weight is 552 g/mol. The van der Waals surface area contributed by atoms with E-state index in [0.717, 1.165) is 74.6 Å². The van der Waals surface area contributed by atoms with Crippen LogP contribution in [-0.2, 0) is 4.79 Å². The number of carbonyl (C=O) groups is 2. The van der Waals surface area contributed by atoms with Crippen molar-refractivity contribution >= 4 is 29.3 Å². The molecular formula is C33H34FN5O2. The number of hydrogen-bond donors (Lipinski definition) is 2. The summed E-state index contributed by atoms with van der Waals surface area (Å²) < 4.78 is 13.7. The number of fused-ring (bicyclic) bond motifs is 2. The monoisotopic (exact) mass is 551 g/mol. The number of carbonyl (C=O) groups excluding carboxylic acids is 2. The lowest BCUT2D eigenvalue weighted by Crippen LogP contribution is -2.43. The fourth-order valence-corrected chi connectivity index (χ4v) is 7.52. The molecule has 3 heterocycles. The van der Waals surface area contributed by atoms with Gasteiger partial charge in [0.2, 0.25) is 0 Å². The van der Waals surface area contributed by atoms with Crippen LogP contribution >= 0.6 is 0 Å². The number of benzene rings is 1. The predicted octanol–water partition coefficient (Wildman–Crippen LogP) is 6.71. The second-order valence-electron chi connectivity index (χ2n) is 12.3. The Kier molecular flexibility index (Phi) is 6.64. The molecule has 3 aromatic rings. The van der Waals surface area contributed by atoms with E-state index in [1.165, 1.54) is 12.1 Å². The smallest absolute Gasteiger partial charge is 0.269 e. The van der Waals surface area contributed by atoms with Crippen LogP contribution in [0.1, 0.15) is 91.9 Å². The average Bonchev–Trinajstić information content (AvgIpc) is 3.73. The summed E-state index contributed by atoms with van der Waals surface area (Å²) in [5, 5.41) is 10.6. The molecule has 1 aliphatic heterocycles. The molecular weight excluding hydrogens is 517 g/mol. The van der Waals surface area contributed by atoms with Crippen molar-refractivity contribution in [1.29, 1.82) is 0 Å². The van der Waals surface area contributed by atoms with Gasteiger partial charge in [0, 0.05) is 41.4 Å². The highest BCUT2D eigenvalue weighted by Crippen LogP contribution is 2.53. The molecule has 41 heavy (non-hydrogen) atoms. The predicted molar refractivity (Wildman–Crippen MR) is 155 cm³/mol. The highest BCUT2D eigenvalue weighted by Gasteiger charge is 2.50. The zero-order valence-corrected chi connectivity index (χ0v) is 23.0. The summed E-state index contributed by atoms with van der Waals surface area (Å²) in [6.45, 7) is 0. The zero-order valence-electron chi connectivity index (χ0n) is 23.0. The molecule has 1 amide bonds. The minimum absolute atomic E-state index is 0.0193. The van der Waals surface area contributed by atoms with E-state index in [4.69, 9.17) is 4.99 Å². The Morgan fingerprint density at radius 3 is 2.63 bits per heavy atom. The number of aromatic amines is 1. The van der Waals surface area contributed by atoms with Gasteiger partial charge in [-0.05, 0) is 67.4 Å². The highest BCUT2D eigenvalue weighted by atomic mass is 19.1. The van der Waals surface area contributed by atoms with Crippen LogP contribution in [0, 0.1) is 17.2 Å². The van der Waals surface area contributed by atoms with Gasteiger partial charge >= 0.3 is 0 Å². The van der Waals surface area contributed by atoms with Crippen molar-refractivity contribution in [2.75, 3.05) is 0 Å². The van der Waals surface area contributed by atoms with Crippen LogP contribution in [0.5, 0.6) is 0 Å². The van der Waals surface area contributed by atoms with E-state index in [-0.39, 0.29) is 34.9 Å². The van der Waals surface area contributed by atoms with Gasteiger partial charge in [-0.1, -0.05) is 50.0 Å². The van der Waals surface area contributed by atoms with Gasteiger partial charge in [-0.2, -0.15) is 5.10 Å². The summed E-state index contributed by atoms with van der Waals surface area (Å²) in [6.07, 6.45) is 15.6. The van der Waals surface area contributed by atoms with Gasteiger partial charge in [0.15, 0.2) is 5.82 Å². The molecule has 2 aromatic heterocycles. The molecule has 8 heteroatoms. The van der Waals surface area contributed by atoms with E-state index >= 15 is 0 Å². The van der Waals surface area contributed by atoms with E-state index in [1.807, 2.05) is 30.4 Å². The summed E-state index contributed by atoms with van der Waals surface area (Å²) in [6, 6.07) is 10.4. The molecule has 0 radical (unpaired) electrons. The number of ketones is 1. The van der Waals surface area contributed by atoms with Crippen LogP contribution in [0.4, 0.5) is 10.2 Å². The third kappa shape index (κ3) is 4.94. The molecule has 0 bridgehead atoms. The first-order valence-electron chi connectivity index (χ1n) is 14.9. The molecule has 1 aromatic carbocycles. The van der Waals surface area contributed by atoms with Crippen molar-refractivity contribution < 1.29 is 14.0 Å². The van der Waals surface area contributed by atoms with E-state index in [1.54, 1.807) is 12.3 Å². The number of amides is 1. The fraction of sp³-hybridized carbons (Fsp3) is 0.424. The maximum absolute atomic E-state index is 13.8. The normalized spacial score (nSPS) is 23.5. The Morgan fingerprint density at radius 2 is 1.88 bits per heavy atom. The Hall–Kier alpha value is -3.94. The van der Waals surface area contributed by atoms with Crippen LogP contribution in [-0.4, -0.2) is 38.6 Å². The third-order valence-corrected chi connectivity index (χ3v) is 9.54. The summed E-state index contributed by atoms with van der Waals surface area (Å²) in [5.41, 5.74) is 4.30. The van der Waals surface area contributed by atoms with Crippen molar-refractivity contribution in [3.05, 3.63) is 71.4 Å². The van der Waals surface area contributed by atoms with Gasteiger partial charge in [-0.3, -0.25) is 19.7 Å². The van der Waals surface area contributed by atoms with Crippen molar-refractivity contribution in [2.45, 2.75) is 76.2 Å². The molecule has 3 fully saturated rings. The van der Waals surface area contributed by atoms with Gasteiger partial charge in [0.05, 0.1) is 11.6 Å². The molecule has 7 rings (SSSR count). The van der Waals surface area contributed by atoms with Crippen molar-refractivity contribution in [1.82, 2.24) is 20.5 Å². The van der Waals surface area contributed by atoms with Gasteiger partial charge in [0.25, 0.3) is 5.91 Å². The molecule has 2 N–H and O–H groups in total. The Bertz CT molecular complexity index is 1540. The van der Waals surface area contributed by atoms with Gasteiger partial charge in [0.1, 0.15) is 17.3 Å². The summed E-state index contributed by atoms with van der Waals surface area (Å²) in [4.78, 5) is 36.8. The molecule has 0 saturated heterocycles. The molecule has 7 nitrogen and oxygen atoms in total. The first-order chi connectivity index (χ1) is 20.0. The first-order valence-corrected chi connectivity index (χ1v) is 14.9. The van der Waals surface area contributed by atoms with E-state index in [0.29, 0.717) is 29.2 Å². The van der Waals surface area contributed by atoms with E-state index in [9.17, 15) is 14.0 Å². The number of nitrogens with zero attached hydrogens (tertiary/aromatic N) is 3. The largest absolute Gasteiger partial charge is 0.348 e. The van der Waals surface area contributed by atoms with Crippen LogP contribution in [0.25, 0.3) is 17.2 Å². The molecule has 2 atom stereocenters. The van der Waals surface area contributed by atoms with E-state index in [2.05, 4.69) is 20.5 Å². The van der Waals surface area contributed by atoms with Crippen molar-refractivity contribution in [3.8, 4) is 11.1 Å². The zero-order chi connectivity index (χ0) is 28.0. The fourth-order valence-electron chi connectivity index (χ4n) is 7.52. The van der Waals surface area contributed by atoms with Crippen LogP contribution in [0.15, 0.2) is 53.7 Å². The molecule has 1 spiro atoms. The Labute approximate surface area is 238 Å². The minimum atomic E-state index is -0.410. The second-order valence-corrected chi connectivity index (χ2v) is 12.3. The Morgan fingerprint density at radius 1 is 1.05 bits per heavy atom. The van der Waals surface area contributed by atoms with Crippen LogP contribution in [0.3, 0.4) is 0 Å². The van der Waals surface area contributed by atoms with Crippen LogP contribution in [0.2, 0.25) is 0 Å². The SMILES string of the molecule is O=C(NC1CCCC1)c1[nH]nc2c1C(/C=C/c1ccc(-c3cccc(F)c3)cn1)C1C(=O)CC3(CCCC3)CC1=N2. The number of hydrogen-bond acceptors (Lipinski definition) is 5. The summed E-state index contributed by atoms with van der Waals surface area (Å²) in [5.74, 6) is -0.532. The van der Waals surface area contributed by atoms with Gasteiger partial charge < -0.3 is 5.32 Å². The third-order valence-electron chi connectivity index (χ3n) is 9.54. The van der Waals surface area contributed by atoms with Crippen molar-refractivity contribution in [3.63, 3.8) is 0 Å². The lowest BCUT2D eigenvalue weighted by Gasteiger charge is -2.41. The standard InChI is InChI=1S/C33H34FN5O2/c34-22-7-5-6-20(16-22)21-10-11-23(35-19-21)12-13-25-28-26(17-33(18-27(28)40)14-3-4-15-33)37-31-29(25)30(38-39-31)32(41)36-24-8-1-2-9-24/h5-7,10-13,16,19,24-25,28H,1-4,8-9,14-15,17-18H2,(H,36,41)(H,38,39)/b13-12+. The Balaban J connectivity index is 1.23. The lowest BCUT2D eigenvalue weighted by molar-refractivity contribution is -0.124. The minimum Gasteiger partial charge on any atom is -0.348 e. The number of pyridine rings is 1. The number of rotatable bonds is 5. The molecule has 3 aliphatic carbocycles. The second kappa shape index (κ2) is 10.5. The van der Waals surface area contributed by atoms with E-state index < -0.39 is 5.92 Å². The molecule has 3 saturated carbocycles. The van der Waals surface area contributed by atoms with Gasteiger partial charge in [-0.15, -0.1) is 0 Å². The number of H-pyrrole nitrogens is 1. The molecule has 4 aliphatic rings. The number of halogens is 1.